The summed E-state index contributed by atoms with van der Waals surface area (Å²) >= 11 is 0. The molecule has 0 unspecified atom stereocenters. The molecular weight excluding hydrogens is 264 g/mol. The number of benzene rings is 1. The lowest BCUT2D eigenvalue weighted by molar-refractivity contribution is 0.170. The Bertz CT molecular complexity index is 464. The van der Waals surface area contributed by atoms with Crippen LogP contribution >= 0.6 is 0 Å². The Morgan fingerprint density at radius 1 is 0.900 bits per heavy atom. The summed E-state index contributed by atoms with van der Waals surface area (Å²) in [4.78, 5) is 21.5. The Morgan fingerprint density at radius 3 is 1.55 bits per heavy atom. The number of hydrogen-bond donors (Lipinski definition) is 2. The first-order chi connectivity index (χ1) is 9.65. The van der Waals surface area contributed by atoms with Crippen molar-refractivity contribution in [3.05, 3.63) is 35.4 Å². The highest BCUT2D eigenvalue weighted by Gasteiger charge is 1.95. The third kappa shape index (κ3) is 5.63. The molecule has 0 aliphatic rings. The topological polar surface area (TPSA) is 101 Å². The number of methoxy groups -OCH3 is 2. The van der Waals surface area contributed by atoms with E-state index >= 15 is 0 Å². The molecule has 1 aromatic carbocycles. The second kappa shape index (κ2) is 8.25. The second-order valence-corrected chi connectivity index (χ2v) is 3.39. The van der Waals surface area contributed by atoms with Crippen LogP contribution in [-0.2, 0) is 9.47 Å². The fourth-order valence-electron chi connectivity index (χ4n) is 1.08. The van der Waals surface area contributed by atoms with Crippen LogP contribution in [0.15, 0.2) is 34.5 Å². The zero-order chi connectivity index (χ0) is 14.8. The van der Waals surface area contributed by atoms with Crippen LogP contribution in [0.1, 0.15) is 11.1 Å². The van der Waals surface area contributed by atoms with Crippen LogP contribution in [0.5, 0.6) is 0 Å². The summed E-state index contributed by atoms with van der Waals surface area (Å²) in [5.74, 6) is 0. The number of hydrazone groups is 2. The van der Waals surface area contributed by atoms with Crippen LogP contribution in [0.2, 0.25) is 0 Å². The lowest BCUT2D eigenvalue weighted by Crippen LogP contribution is -2.16. The zero-order valence-corrected chi connectivity index (χ0v) is 11.0. The van der Waals surface area contributed by atoms with Gasteiger partial charge in [0.2, 0.25) is 0 Å². The molecule has 0 aliphatic carbocycles. The molecule has 0 radical (unpaired) electrons. The Kier molecular flexibility index (Phi) is 6.25. The fourth-order valence-corrected chi connectivity index (χ4v) is 1.08. The van der Waals surface area contributed by atoms with Gasteiger partial charge in [-0.2, -0.15) is 10.2 Å². The normalized spacial score (nSPS) is 10.5. The van der Waals surface area contributed by atoms with E-state index < -0.39 is 12.2 Å². The van der Waals surface area contributed by atoms with E-state index in [-0.39, 0.29) is 0 Å². The Morgan fingerprint density at radius 2 is 1.25 bits per heavy atom. The van der Waals surface area contributed by atoms with Crippen molar-refractivity contribution in [3.8, 4) is 0 Å². The molecule has 2 amide bonds. The summed E-state index contributed by atoms with van der Waals surface area (Å²) in [6, 6.07) is 7.06. The molecule has 8 heteroatoms. The molecule has 0 fully saturated rings. The average Bonchev–Trinajstić information content (AvgIpc) is 2.48. The van der Waals surface area contributed by atoms with E-state index in [1.807, 2.05) is 0 Å². The summed E-state index contributed by atoms with van der Waals surface area (Å²) < 4.78 is 8.71. The maximum atomic E-state index is 10.7. The van der Waals surface area contributed by atoms with Crippen molar-refractivity contribution >= 4 is 24.6 Å². The van der Waals surface area contributed by atoms with Crippen molar-refractivity contribution in [2.75, 3.05) is 14.2 Å². The lowest BCUT2D eigenvalue weighted by Gasteiger charge is -1.98. The van der Waals surface area contributed by atoms with Crippen LogP contribution < -0.4 is 10.9 Å². The maximum Gasteiger partial charge on any atom is 0.427 e. The molecule has 0 aliphatic heterocycles. The molecule has 1 aromatic rings. The standard InChI is InChI=1S/C12H14N4O4/c1-19-11(17)15-13-7-9-3-5-10(6-4-9)8-14-16-12(18)20-2/h3-8H,1-2H3,(H,15,17)(H,16,18)/b13-7+,14-8+. The van der Waals surface area contributed by atoms with Crippen LogP contribution in [0.25, 0.3) is 0 Å². The van der Waals surface area contributed by atoms with Gasteiger partial charge in [0.15, 0.2) is 0 Å². The summed E-state index contributed by atoms with van der Waals surface area (Å²) in [6.07, 6.45) is 1.65. The van der Waals surface area contributed by atoms with E-state index in [2.05, 4.69) is 30.5 Å². The molecule has 0 spiro atoms. The van der Waals surface area contributed by atoms with Gasteiger partial charge in [0.05, 0.1) is 26.6 Å². The molecule has 1 rings (SSSR count). The molecule has 0 heterocycles. The molecule has 106 valence electrons. The summed E-state index contributed by atoms with van der Waals surface area (Å²) in [7, 11) is 2.50. The van der Waals surface area contributed by atoms with E-state index in [0.717, 1.165) is 11.1 Å². The van der Waals surface area contributed by atoms with Crippen LogP contribution in [0.3, 0.4) is 0 Å². The quantitative estimate of drug-likeness (QED) is 0.635. The van der Waals surface area contributed by atoms with Gasteiger partial charge in [-0.3, -0.25) is 0 Å². The number of carbonyl (C=O) groups is 2. The molecule has 2 N–H and O–H groups in total. The molecule has 0 saturated carbocycles. The van der Waals surface area contributed by atoms with Gasteiger partial charge in [-0.15, -0.1) is 0 Å². The highest BCUT2D eigenvalue weighted by Crippen LogP contribution is 1.99. The number of ether oxygens (including phenoxy) is 2. The summed E-state index contributed by atoms with van der Waals surface area (Å²) in [5.41, 5.74) is 5.89. The number of amides is 2. The largest absolute Gasteiger partial charge is 0.452 e. The van der Waals surface area contributed by atoms with E-state index in [1.54, 1.807) is 24.3 Å². The fraction of sp³-hybridized carbons (Fsp3) is 0.167. The molecular formula is C12H14N4O4. The minimum atomic E-state index is -0.640. The van der Waals surface area contributed by atoms with E-state index in [9.17, 15) is 9.59 Å². The van der Waals surface area contributed by atoms with Crippen molar-refractivity contribution < 1.29 is 19.1 Å². The molecule has 0 atom stereocenters. The monoisotopic (exact) mass is 278 g/mol. The third-order valence-electron chi connectivity index (χ3n) is 2.05. The molecule has 0 saturated heterocycles. The average molecular weight is 278 g/mol. The first kappa shape index (κ1) is 15.2. The van der Waals surface area contributed by atoms with Crippen molar-refractivity contribution in [2.24, 2.45) is 10.2 Å². The van der Waals surface area contributed by atoms with Crippen LogP contribution in [0.4, 0.5) is 9.59 Å². The van der Waals surface area contributed by atoms with Gasteiger partial charge in [0.25, 0.3) is 0 Å². The van der Waals surface area contributed by atoms with Gasteiger partial charge in [0, 0.05) is 0 Å². The molecule has 0 bridgehead atoms. The molecule has 0 aromatic heterocycles. The van der Waals surface area contributed by atoms with Crippen molar-refractivity contribution in [1.29, 1.82) is 0 Å². The number of carbonyl (C=O) groups excluding carboxylic acids is 2. The van der Waals surface area contributed by atoms with E-state index in [1.165, 1.54) is 26.6 Å². The SMILES string of the molecule is COC(=O)N/N=C/c1ccc(/C=N/NC(=O)OC)cc1. The van der Waals surface area contributed by atoms with Crippen molar-refractivity contribution in [2.45, 2.75) is 0 Å². The van der Waals surface area contributed by atoms with Gasteiger partial charge < -0.3 is 9.47 Å². The minimum Gasteiger partial charge on any atom is -0.452 e. The van der Waals surface area contributed by atoms with Crippen LogP contribution in [0, 0.1) is 0 Å². The van der Waals surface area contributed by atoms with Gasteiger partial charge in [-0.1, -0.05) is 24.3 Å². The van der Waals surface area contributed by atoms with Crippen molar-refractivity contribution in [3.63, 3.8) is 0 Å². The van der Waals surface area contributed by atoms with Crippen LogP contribution in [-0.4, -0.2) is 38.8 Å². The van der Waals surface area contributed by atoms with Gasteiger partial charge in [-0.25, -0.2) is 20.4 Å². The number of rotatable bonds is 4. The first-order valence-corrected chi connectivity index (χ1v) is 5.50. The van der Waals surface area contributed by atoms with E-state index in [4.69, 9.17) is 0 Å². The Hall–Kier alpha value is -2.90. The number of nitrogens with one attached hydrogen (secondary N) is 2. The highest BCUT2D eigenvalue weighted by atomic mass is 16.5. The maximum absolute atomic E-state index is 10.7. The minimum absolute atomic E-state index is 0.640. The van der Waals surface area contributed by atoms with Gasteiger partial charge in [-0.05, 0) is 11.1 Å². The van der Waals surface area contributed by atoms with Gasteiger partial charge in [0.1, 0.15) is 0 Å². The lowest BCUT2D eigenvalue weighted by atomic mass is 10.2. The molecule has 20 heavy (non-hydrogen) atoms. The predicted octanol–water partition coefficient (Wildman–Crippen LogP) is 1.07. The third-order valence-corrected chi connectivity index (χ3v) is 2.05. The highest BCUT2D eigenvalue weighted by molar-refractivity contribution is 5.85. The summed E-state index contributed by atoms with van der Waals surface area (Å²) in [5, 5.41) is 7.36. The predicted molar refractivity (Wildman–Crippen MR) is 72.7 cm³/mol. The molecule has 8 nitrogen and oxygen atoms in total. The first-order valence-electron chi connectivity index (χ1n) is 5.50. The smallest absolute Gasteiger partial charge is 0.427 e. The summed E-state index contributed by atoms with van der Waals surface area (Å²) in [6.45, 7) is 0. The Labute approximate surface area is 115 Å². The number of nitrogens with zero attached hydrogens (tertiary/aromatic N) is 2. The Balaban J connectivity index is 2.51. The van der Waals surface area contributed by atoms with Gasteiger partial charge >= 0.3 is 12.2 Å². The van der Waals surface area contributed by atoms with Crippen molar-refractivity contribution in [1.82, 2.24) is 10.9 Å². The zero-order valence-electron chi connectivity index (χ0n) is 11.0. The van der Waals surface area contributed by atoms with E-state index in [0.29, 0.717) is 0 Å². The number of hydrogen-bond acceptors (Lipinski definition) is 6. The second-order valence-electron chi connectivity index (χ2n) is 3.39.